The van der Waals surface area contributed by atoms with Crippen LogP contribution in [-0.4, -0.2) is 24.7 Å². The van der Waals surface area contributed by atoms with Crippen molar-refractivity contribution in [1.82, 2.24) is 4.57 Å². The predicted octanol–water partition coefficient (Wildman–Crippen LogP) is 3.96. The zero-order chi connectivity index (χ0) is 21.0. The molecule has 1 amide bonds. The number of nitrogens with zero attached hydrogens (tertiary/aromatic N) is 1. The Balaban J connectivity index is 1.93. The minimum Gasteiger partial charge on any atom is -0.496 e. The highest BCUT2D eigenvalue weighted by molar-refractivity contribution is 6.31. The van der Waals surface area contributed by atoms with E-state index in [1.165, 1.54) is 43.2 Å². The molecule has 1 aromatic heterocycles. The Labute approximate surface area is 171 Å². The highest BCUT2D eigenvalue weighted by Gasteiger charge is 2.20. The lowest BCUT2D eigenvalue weighted by atomic mass is 10.1. The van der Waals surface area contributed by atoms with Crippen LogP contribution in [0.15, 0.2) is 59.5 Å². The van der Waals surface area contributed by atoms with E-state index < -0.39 is 17.3 Å². The average molecular weight is 417 g/mol. The summed E-state index contributed by atoms with van der Waals surface area (Å²) in [6, 6.07) is 12.2. The predicted molar refractivity (Wildman–Crippen MR) is 109 cm³/mol. The van der Waals surface area contributed by atoms with Gasteiger partial charge >= 0.3 is 0 Å². The number of carbonyl (C=O) groups is 1. The minimum atomic E-state index is -0.571. The molecular weight excluding hydrogens is 399 g/mol. The van der Waals surface area contributed by atoms with Crippen LogP contribution in [0.1, 0.15) is 15.9 Å². The molecule has 0 saturated heterocycles. The highest BCUT2D eigenvalue weighted by Crippen LogP contribution is 2.28. The van der Waals surface area contributed by atoms with Crippen LogP contribution in [0.4, 0.5) is 10.1 Å². The van der Waals surface area contributed by atoms with Crippen molar-refractivity contribution < 1.29 is 18.7 Å². The third kappa shape index (κ3) is 4.25. The summed E-state index contributed by atoms with van der Waals surface area (Å²) in [5, 5.41) is 2.79. The van der Waals surface area contributed by atoms with Crippen LogP contribution in [0.2, 0.25) is 5.02 Å². The Morgan fingerprint density at radius 3 is 2.34 bits per heavy atom. The first kappa shape index (κ1) is 20.4. The maximum absolute atomic E-state index is 14.1. The minimum absolute atomic E-state index is 0.0259. The van der Waals surface area contributed by atoms with E-state index in [0.717, 1.165) is 0 Å². The number of amides is 1. The summed E-state index contributed by atoms with van der Waals surface area (Å²) in [6.07, 6.45) is 1.49. The second-order valence-electron chi connectivity index (χ2n) is 6.05. The molecule has 0 aliphatic heterocycles. The lowest BCUT2D eigenvalue weighted by Crippen LogP contribution is -2.26. The Hall–Kier alpha value is -3.32. The van der Waals surface area contributed by atoms with Crippen molar-refractivity contribution in [2.24, 2.45) is 0 Å². The Bertz CT molecular complexity index is 1070. The molecule has 2 aromatic carbocycles. The van der Waals surface area contributed by atoms with Crippen molar-refractivity contribution in [2.45, 2.75) is 6.54 Å². The molecule has 150 valence electrons. The second-order valence-corrected chi connectivity index (χ2v) is 6.45. The molecule has 0 bridgehead atoms. The first-order chi connectivity index (χ1) is 14.0. The molecule has 0 saturated carbocycles. The van der Waals surface area contributed by atoms with Crippen molar-refractivity contribution in [3.8, 4) is 11.5 Å². The van der Waals surface area contributed by atoms with Gasteiger partial charge < -0.3 is 19.4 Å². The molecule has 6 nitrogen and oxygen atoms in total. The lowest BCUT2D eigenvalue weighted by molar-refractivity contribution is 0.102. The molecule has 3 rings (SSSR count). The monoisotopic (exact) mass is 416 g/mol. The van der Waals surface area contributed by atoms with Crippen LogP contribution in [0.25, 0.3) is 0 Å². The number of hydrogen-bond acceptors (Lipinski definition) is 4. The molecule has 0 atom stereocenters. The zero-order valence-electron chi connectivity index (χ0n) is 15.7. The fourth-order valence-corrected chi connectivity index (χ4v) is 3.09. The van der Waals surface area contributed by atoms with Crippen LogP contribution >= 0.6 is 11.6 Å². The largest absolute Gasteiger partial charge is 0.496 e. The van der Waals surface area contributed by atoms with Crippen LogP contribution < -0.4 is 20.3 Å². The summed E-state index contributed by atoms with van der Waals surface area (Å²) in [5.41, 5.74) is -0.137. The van der Waals surface area contributed by atoms with Gasteiger partial charge in [0, 0.05) is 16.8 Å². The summed E-state index contributed by atoms with van der Waals surface area (Å²) in [5.74, 6) is -0.483. The summed E-state index contributed by atoms with van der Waals surface area (Å²) in [7, 11) is 2.86. The van der Waals surface area contributed by atoms with E-state index in [9.17, 15) is 14.0 Å². The second kappa shape index (κ2) is 8.79. The van der Waals surface area contributed by atoms with E-state index in [-0.39, 0.29) is 28.4 Å². The van der Waals surface area contributed by atoms with Crippen molar-refractivity contribution in [2.75, 3.05) is 19.5 Å². The van der Waals surface area contributed by atoms with E-state index in [1.807, 2.05) is 0 Å². The third-order valence-corrected chi connectivity index (χ3v) is 4.67. The SMILES string of the molecule is COc1cccc(OC)c1C(=O)Nc1cccn(Cc2c(F)cccc2Cl)c1=O. The number of ether oxygens (including phenoxy) is 2. The molecule has 1 heterocycles. The molecule has 0 aliphatic carbocycles. The number of nitrogens with one attached hydrogen (secondary N) is 1. The van der Waals surface area contributed by atoms with E-state index >= 15 is 0 Å². The Morgan fingerprint density at radius 2 is 1.72 bits per heavy atom. The summed E-state index contributed by atoms with van der Waals surface area (Å²) in [6.45, 7) is -0.0774. The molecule has 29 heavy (non-hydrogen) atoms. The van der Waals surface area contributed by atoms with Gasteiger partial charge in [-0.05, 0) is 36.4 Å². The molecular formula is C21H18ClFN2O4. The number of benzene rings is 2. The van der Waals surface area contributed by atoms with Crippen LogP contribution in [0.3, 0.4) is 0 Å². The number of anilines is 1. The van der Waals surface area contributed by atoms with Crippen molar-refractivity contribution in [3.63, 3.8) is 0 Å². The van der Waals surface area contributed by atoms with Gasteiger partial charge in [-0.3, -0.25) is 9.59 Å². The van der Waals surface area contributed by atoms with Gasteiger partial charge in [-0.15, -0.1) is 0 Å². The normalized spacial score (nSPS) is 10.5. The van der Waals surface area contributed by atoms with Crippen LogP contribution in [0, 0.1) is 5.82 Å². The summed E-state index contributed by atoms with van der Waals surface area (Å²) in [4.78, 5) is 25.6. The van der Waals surface area contributed by atoms with Gasteiger partial charge in [-0.25, -0.2) is 4.39 Å². The maximum atomic E-state index is 14.1. The Morgan fingerprint density at radius 1 is 1.07 bits per heavy atom. The fraction of sp³-hybridized carbons (Fsp3) is 0.143. The van der Waals surface area contributed by atoms with Gasteiger partial charge in [0.05, 0.1) is 20.8 Å². The van der Waals surface area contributed by atoms with E-state index in [0.29, 0.717) is 11.5 Å². The van der Waals surface area contributed by atoms with Crippen molar-refractivity contribution in [3.05, 3.63) is 87.0 Å². The lowest BCUT2D eigenvalue weighted by Gasteiger charge is -2.14. The van der Waals surface area contributed by atoms with Crippen LogP contribution in [-0.2, 0) is 6.54 Å². The average Bonchev–Trinajstić information content (AvgIpc) is 2.72. The first-order valence-electron chi connectivity index (χ1n) is 8.61. The summed E-state index contributed by atoms with van der Waals surface area (Å²) >= 11 is 6.05. The molecule has 0 spiro atoms. The Kier molecular flexibility index (Phi) is 6.19. The molecule has 0 aliphatic rings. The van der Waals surface area contributed by atoms with Crippen molar-refractivity contribution in [1.29, 1.82) is 0 Å². The highest BCUT2D eigenvalue weighted by atomic mass is 35.5. The topological polar surface area (TPSA) is 69.6 Å². The first-order valence-corrected chi connectivity index (χ1v) is 8.98. The molecule has 0 radical (unpaired) electrons. The molecule has 0 fully saturated rings. The van der Waals surface area contributed by atoms with Gasteiger partial charge in [-0.2, -0.15) is 0 Å². The number of methoxy groups -OCH3 is 2. The molecule has 0 unspecified atom stereocenters. The number of hydrogen-bond donors (Lipinski definition) is 1. The van der Waals surface area contributed by atoms with E-state index in [2.05, 4.69) is 5.32 Å². The molecule has 1 N–H and O–H groups in total. The third-order valence-electron chi connectivity index (χ3n) is 4.31. The van der Waals surface area contributed by atoms with Crippen molar-refractivity contribution >= 4 is 23.2 Å². The van der Waals surface area contributed by atoms with Crippen LogP contribution in [0.5, 0.6) is 11.5 Å². The van der Waals surface area contributed by atoms with Gasteiger partial charge in [0.15, 0.2) is 0 Å². The number of carbonyl (C=O) groups excluding carboxylic acids is 1. The van der Waals surface area contributed by atoms with E-state index in [4.69, 9.17) is 21.1 Å². The molecule has 3 aromatic rings. The van der Waals surface area contributed by atoms with Gasteiger partial charge in [0.25, 0.3) is 11.5 Å². The van der Waals surface area contributed by atoms with Gasteiger partial charge in [-0.1, -0.05) is 23.7 Å². The smallest absolute Gasteiger partial charge is 0.274 e. The number of halogens is 2. The number of pyridine rings is 1. The number of aromatic nitrogens is 1. The molecule has 8 heteroatoms. The maximum Gasteiger partial charge on any atom is 0.274 e. The van der Waals surface area contributed by atoms with Gasteiger partial charge in [0.2, 0.25) is 0 Å². The fourth-order valence-electron chi connectivity index (χ4n) is 2.87. The standard InChI is InChI=1S/C21H18ClFN2O4/c1-28-17-9-4-10-18(29-2)19(17)20(26)24-16-8-5-11-25(21(16)27)12-13-14(22)6-3-7-15(13)23/h3-11H,12H2,1-2H3,(H,24,26). The number of rotatable bonds is 6. The summed E-state index contributed by atoms with van der Waals surface area (Å²) < 4.78 is 25.8. The van der Waals surface area contributed by atoms with E-state index in [1.54, 1.807) is 30.3 Å². The zero-order valence-corrected chi connectivity index (χ0v) is 16.5. The quantitative estimate of drug-likeness (QED) is 0.660. The van der Waals surface area contributed by atoms with Gasteiger partial charge in [0.1, 0.15) is 28.6 Å².